The average molecular weight is 357 g/mol. The highest BCUT2D eigenvalue weighted by Crippen LogP contribution is 2.26. The molecule has 0 amide bonds. The summed E-state index contributed by atoms with van der Waals surface area (Å²) in [4.78, 5) is 5.47. The van der Waals surface area contributed by atoms with Crippen LogP contribution in [0.3, 0.4) is 0 Å². The fourth-order valence-electron chi connectivity index (χ4n) is 1.95. The number of para-hydroxylation sites is 1. The first-order valence-corrected chi connectivity index (χ1v) is 8.24. The highest BCUT2D eigenvalue weighted by atomic mass is 32.1. The van der Waals surface area contributed by atoms with E-state index in [1.807, 2.05) is 24.4 Å². The molecular formula is C16H18F3N3OS. The highest BCUT2D eigenvalue weighted by molar-refractivity contribution is 7.09. The van der Waals surface area contributed by atoms with Crippen LogP contribution in [-0.2, 0) is 13.1 Å². The van der Waals surface area contributed by atoms with Gasteiger partial charge >= 0.3 is 6.36 Å². The minimum Gasteiger partial charge on any atom is -0.405 e. The zero-order chi connectivity index (χ0) is 17.4. The van der Waals surface area contributed by atoms with E-state index in [4.69, 9.17) is 0 Å². The van der Waals surface area contributed by atoms with Crippen molar-refractivity contribution in [3.63, 3.8) is 0 Å². The first-order valence-electron chi connectivity index (χ1n) is 7.36. The van der Waals surface area contributed by atoms with Crippen molar-refractivity contribution in [2.45, 2.75) is 26.4 Å². The van der Waals surface area contributed by atoms with Crippen LogP contribution in [0, 0.1) is 0 Å². The summed E-state index contributed by atoms with van der Waals surface area (Å²) in [6.07, 6.45) is -4.72. The summed E-state index contributed by atoms with van der Waals surface area (Å²) < 4.78 is 41.3. The summed E-state index contributed by atoms with van der Waals surface area (Å²) >= 11 is 1.62. The van der Waals surface area contributed by atoms with Gasteiger partial charge in [-0.3, -0.25) is 0 Å². The third kappa shape index (κ3) is 6.11. The van der Waals surface area contributed by atoms with E-state index in [0.29, 0.717) is 24.6 Å². The molecule has 130 valence electrons. The second-order valence-electron chi connectivity index (χ2n) is 4.78. The van der Waals surface area contributed by atoms with Crippen molar-refractivity contribution in [3.05, 3.63) is 52.2 Å². The summed E-state index contributed by atoms with van der Waals surface area (Å²) in [6, 6.07) is 9.94. The summed E-state index contributed by atoms with van der Waals surface area (Å²) in [5.41, 5.74) is 0.364. The summed E-state index contributed by atoms with van der Waals surface area (Å²) in [6.45, 7) is 3.25. The third-order valence-electron chi connectivity index (χ3n) is 2.96. The average Bonchev–Trinajstić information content (AvgIpc) is 3.03. The standard InChI is InChI=1S/C16H18F3N3OS/c1-2-20-15(22-11-13-7-5-9-24-13)21-10-12-6-3-4-8-14(12)23-16(17,18)19/h3-9H,2,10-11H2,1H3,(H2,20,21,22). The van der Waals surface area contributed by atoms with Gasteiger partial charge in [-0.1, -0.05) is 24.3 Å². The molecule has 0 saturated carbocycles. The maximum atomic E-state index is 12.4. The number of hydrogen-bond acceptors (Lipinski definition) is 3. The highest BCUT2D eigenvalue weighted by Gasteiger charge is 2.31. The van der Waals surface area contributed by atoms with E-state index in [9.17, 15) is 13.2 Å². The lowest BCUT2D eigenvalue weighted by Gasteiger charge is -2.13. The van der Waals surface area contributed by atoms with Crippen molar-refractivity contribution in [3.8, 4) is 5.75 Å². The second kappa shape index (κ2) is 8.58. The number of hydrogen-bond donors (Lipinski definition) is 2. The molecule has 4 nitrogen and oxygen atoms in total. The van der Waals surface area contributed by atoms with Crippen molar-refractivity contribution >= 4 is 17.3 Å². The minimum absolute atomic E-state index is 0.0754. The van der Waals surface area contributed by atoms with E-state index in [1.165, 1.54) is 12.1 Å². The van der Waals surface area contributed by atoms with E-state index < -0.39 is 6.36 Å². The molecule has 24 heavy (non-hydrogen) atoms. The van der Waals surface area contributed by atoms with Crippen LogP contribution in [0.15, 0.2) is 46.8 Å². The number of ether oxygens (including phenoxy) is 1. The van der Waals surface area contributed by atoms with Gasteiger partial charge in [-0.05, 0) is 24.4 Å². The van der Waals surface area contributed by atoms with Gasteiger partial charge in [0.15, 0.2) is 5.96 Å². The molecule has 2 rings (SSSR count). The molecule has 0 aliphatic rings. The Balaban J connectivity index is 2.05. The molecule has 0 spiro atoms. The van der Waals surface area contributed by atoms with E-state index >= 15 is 0 Å². The predicted molar refractivity (Wildman–Crippen MR) is 89.1 cm³/mol. The van der Waals surface area contributed by atoms with Gasteiger partial charge in [0.25, 0.3) is 0 Å². The predicted octanol–water partition coefficient (Wildman–Crippen LogP) is 3.90. The van der Waals surface area contributed by atoms with Crippen molar-refractivity contribution in [2.24, 2.45) is 4.99 Å². The Morgan fingerprint density at radius 3 is 2.62 bits per heavy atom. The molecule has 0 radical (unpaired) electrons. The smallest absolute Gasteiger partial charge is 0.405 e. The summed E-state index contributed by atoms with van der Waals surface area (Å²) in [7, 11) is 0. The van der Waals surface area contributed by atoms with E-state index in [2.05, 4.69) is 20.4 Å². The van der Waals surface area contributed by atoms with Gasteiger partial charge in [-0.2, -0.15) is 0 Å². The monoisotopic (exact) mass is 357 g/mol. The summed E-state index contributed by atoms with van der Waals surface area (Å²) in [5.74, 6) is 0.301. The lowest BCUT2D eigenvalue weighted by molar-refractivity contribution is -0.274. The lowest BCUT2D eigenvalue weighted by atomic mass is 10.2. The molecule has 8 heteroatoms. The fourth-order valence-corrected chi connectivity index (χ4v) is 2.59. The molecule has 0 aliphatic carbocycles. The molecule has 1 heterocycles. The van der Waals surface area contributed by atoms with Gasteiger partial charge in [-0.15, -0.1) is 24.5 Å². The molecule has 0 fully saturated rings. The second-order valence-corrected chi connectivity index (χ2v) is 5.82. The Hall–Kier alpha value is -2.22. The van der Waals surface area contributed by atoms with Gasteiger partial charge in [0.05, 0.1) is 13.1 Å². The maximum absolute atomic E-state index is 12.4. The number of aliphatic imine (C=N–C) groups is 1. The van der Waals surface area contributed by atoms with Crippen LogP contribution in [0.1, 0.15) is 17.4 Å². The van der Waals surface area contributed by atoms with Crippen LogP contribution in [0.25, 0.3) is 0 Å². The van der Waals surface area contributed by atoms with Gasteiger partial charge in [0.1, 0.15) is 5.75 Å². The Bertz CT molecular complexity index is 657. The van der Waals surface area contributed by atoms with Crippen LogP contribution in [0.4, 0.5) is 13.2 Å². The quantitative estimate of drug-likeness (QED) is 0.609. The molecule has 0 aliphatic heterocycles. The number of thiophene rings is 1. The Morgan fingerprint density at radius 1 is 1.17 bits per heavy atom. The van der Waals surface area contributed by atoms with Crippen molar-refractivity contribution in [1.82, 2.24) is 10.6 Å². The zero-order valence-electron chi connectivity index (χ0n) is 13.1. The molecule has 1 aromatic carbocycles. The number of rotatable bonds is 6. The number of nitrogens with zero attached hydrogens (tertiary/aromatic N) is 1. The molecule has 1 aromatic heterocycles. The van der Waals surface area contributed by atoms with Crippen molar-refractivity contribution in [1.29, 1.82) is 0 Å². The minimum atomic E-state index is -4.72. The van der Waals surface area contributed by atoms with Crippen LogP contribution in [0.2, 0.25) is 0 Å². The molecule has 0 unspecified atom stereocenters. The number of halogens is 3. The molecule has 2 aromatic rings. The molecule has 0 atom stereocenters. The van der Waals surface area contributed by atoms with Gasteiger partial charge in [0.2, 0.25) is 0 Å². The Morgan fingerprint density at radius 2 is 1.96 bits per heavy atom. The molecule has 0 saturated heterocycles. The number of nitrogens with one attached hydrogen (secondary N) is 2. The van der Waals surface area contributed by atoms with Crippen LogP contribution < -0.4 is 15.4 Å². The number of guanidine groups is 1. The van der Waals surface area contributed by atoms with E-state index in [1.54, 1.807) is 23.5 Å². The first-order chi connectivity index (χ1) is 11.5. The van der Waals surface area contributed by atoms with Gasteiger partial charge in [0, 0.05) is 17.0 Å². The lowest BCUT2D eigenvalue weighted by Crippen LogP contribution is -2.36. The topological polar surface area (TPSA) is 45.7 Å². The van der Waals surface area contributed by atoms with Crippen LogP contribution in [-0.4, -0.2) is 18.9 Å². The molecular weight excluding hydrogens is 339 g/mol. The normalized spacial score (nSPS) is 12.1. The summed E-state index contributed by atoms with van der Waals surface area (Å²) in [5, 5.41) is 8.19. The molecule has 2 N–H and O–H groups in total. The Labute approximate surface area is 142 Å². The van der Waals surface area contributed by atoms with Crippen LogP contribution in [0.5, 0.6) is 5.75 Å². The SMILES string of the molecule is CCNC(=NCc1ccccc1OC(F)(F)F)NCc1cccs1. The molecule has 0 bridgehead atoms. The Kier molecular flexibility index (Phi) is 6.48. The fraction of sp³-hybridized carbons (Fsp3) is 0.312. The van der Waals surface area contributed by atoms with Crippen molar-refractivity contribution < 1.29 is 17.9 Å². The zero-order valence-corrected chi connectivity index (χ0v) is 13.9. The van der Waals surface area contributed by atoms with Crippen molar-refractivity contribution in [2.75, 3.05) is 6.54 Å². The van der Waals surface area contributed by atoms with E-state index in [0.717, 1.165) is 4.88 Å². The maximum Gasteiger partial charge on any atom is 0.573 e. The number of benzene rings is 1. The van der Waals surface area contributed by atoms with Gasteiger partial charge < -0.3 is 15.4 Å². The largest absolute Gasteiger partial charge is 0.573 e. The van der Waals surface area contributed by atoms with Gasteiger partial charge in [-0.25, -0.2) is 4.99 Å². The number of alkyl halides is 3. The third-order valence-corrected chi connectivity index (χ3v) is 3.84. The van der Waals surface area contributed by atoms with Crippen LogP contribution >= 0.6 is 11.3 Å². The first kappa shape index (κ1) is 18.1. The van der Waals surface area contributed by atoms with E-state index in [-0.39, 0.29) is 12.3 Å².